The highest BCUT2D eigenvalue weighted by atomic mass is 32.2. The van der Waals surface area contributed by atoms with Gasteiger partial charge >= 0.3 is 111 Å². The molecule has 15 aliphatic rings. The minimum absolute atomic E-state index is 0.0315. The third-order valence-corrected chi connectivity index (χ3v) is 29.9. The standard InChI is InChI=1S/C23H26N6O4.C18H24N6O5.C18H24N6O4.C18H24N6O3.C11H21N7O5S/c1-2-15-17-22(28-20(24)27-17)23(31,32)18(33-19(30)14-11-7-4-8-12-14)16(29(22)21(25)26-15)13-9-5-3-6-10-13;1-2-10-12-17(23-15(19)22-12)18(27,28)13(11(8-25)24(17)16(20)21-10)29-14(26)9-6-4-3-5-7-9;1-3-11-12-17(23-15(19)22-12)18(26,27)13(9(2)24(17)16(20)21-11)28-14(25)10-7-5-4-6-8-10;1-3-11-13-18(23-16(19)22-13)14(25)12(8-24(18)17(20)21-11)27-15(26)10-6-4-9(2)5-7-10;1-3-5-6-10(17-8(12)16-6)11(19,20)7(23-24(14,21)22)4(2)18(10)9(13)15-5/h3-12,15-18,31-32H,2H2,1H3,(H5,24,25,26,27,28);3-7,10-13,25,27-28H,2,8H2,1H3,(H5,19,20,21,22,23);4-9,11-13,26-27H,3H2,1-2H3,(H5,19,20,21,22,23);4-7,11-14,25H,3,8H2,1-2H3,(H5,19,20,21,22,23);4-7,19-20H,3H2,1-2H3,(H7,12,13,14,15,16,17,21,22)/p+10/t15-,16+,17-,18-,22-;10-,11-,12-,13-,17-;9-,11-,12-,13-,17-;11-,12-,13-,14-,18-;4-,5-,6-,7-,10-/m00000/s1. The van der Waals surface area contributed by atoms with Crippen LogP contribution in [0.2, 0.25) is 0 Å². The highest BCUT2D eigenvalue weighted by Gasteiger charge is 2.86. The van der Waals surface area contributed by atoms with Gasteiger partial charge in [0.15, 0.2) is 60.7 Å². The fourth-order valence-corrected chi connectivity index (χ4v) is 23.9. The number of aliphatic hydroxyl groups is 10. The molecule has 5 saturated heterocycles. The van der Waals surface area contributed by atoms with Gasteiger partial charge in [0.25, 0.3) is 34.5 Å². The molecule has 52 nitrogen and oxygen atoms in total. The third-order valence-electron chi connectivity index (χ3n) is 29.4. The summed E-state index contributed by atoms with van der Waals surface area (Å²) >= 11 is 0. The molecule has 5 spiro atoms. The van der Waals surface area contributed by atoms with Gasteiger partial charge in [0.2, 0.25) is 6.10 Å². The highest BCUT2D eigenvalue weighted by Crippen LogP contribution is 2.51. The summed E-state index contributed by atoms with van der Waals surface area (Å²) < 4.78 is 57.9. The molecule has 0 aliphatic carbocycles. The Kier molecular flexibility index (Phi) is 26.0. The molecular weight excluding hydrogens is 1860 g/mol. The van der Waals surface area contributed by atoms with Gasteiger partial charge in [-0.1, -0.05) is 137 Å². The van der Waals surface area contributed by atoms with E-state index in [1.165, 1.54) is 9.15 Å². The van der Waals surface area contributed by atoms with Gasteiger partial charge in [-0.2, -0.15) is 8.42 Å². The van der Waals surface area contributed by atoms with Crippen molar-refractivity contribution in [3.05, 3.63) is 179 Å². The van der Waals surface area contributed by atoms with E-state index in [1.54, 1.807) is 131 Å². The first kappa shape index (κ1) is 100. The number of benzene rings is 5. The van der Waals surface area contributed by atoms with E-state index in [4.69, 9.17) is 85.6 Å². The number of rotatable bonds is 17. The molecule has 141 heavy (non-hydrogen) atoms. The van der Waals surface area contributed by atoms with Crippen LogP contribution >= 0.6 is 0 Å². The largest absolute Gasteiger partial charge is 0.452 e. The van der Waals surface area contributed by atoms with Gasteiger partial charge in [-0.25, -0.2) is 78.0 Å². The normalized spacial score (nSPS) is 35.0. The first-order valence-corrected chi connectivity index (χ1v) is 47.8. The number of hydrogen-bond donors (Lipinski definition) is 36. The fraction of sp³-hybridized carbons (Fsp3) is 0.500. The second-order valence-corrected chi connectivity index (χ2v) is 38.5. The minimum atomic E-state index is -4.44. The molecule has 15 heterocycles. The smallest absolute Gasteiger partial charge is 0.347 e. The van der Waals surface area contributed by atoms with E-state index in [-0.39, 0.29) is 96.0 Å². The first-order valence-electron chi connectivity index (χ1n) is 46.3. The van der Waals surface area contributed by atoms with E-state index >= 15 is 0 Å². The van der Waals surface area contributed by atoms with Crippen LogP contribution in [0.15, 0.2) is 146 Å². The summed E-state index contributed by atoms with van der Waals surface area (Å²) in [5, 5.41) is 147. The fourth-order valence-electron chi connectivity index (χ4n) is 23.3. The topological polar surface area (TPSA) is 842 Å². The van der Waals surface area contributed by atoms with E-state index in [1.807, 2.05) is 84.0 Å². The molecule has 5 aromatic rings. The van der Waals surface area contributed by atoms with Crippen molar-refractivity contribution in [1.82, 2.24) is 53.2 Å². The molecule has 758 valence electrons. The molecule has 0 aromatic heterocycles. The molecule has 0 radical (unpaired) electrons. The van der Waals surface area contributed by atoms with Crippen LogP contribution in [-0.4, -0.2) is 346 Å². The summed E-state index contributed by atoms with van der Waals surface area (Å²) in [6, 6.07) is 34.2. The van der Waals surface area contributed by atoms with Gasteiger partial charge < -0.3 is 70.0 Å². The zero-order valence-corrected chi connectivity index (χ0v) is 79.1. The van der Waals surface area contributed by atoms with Crippen molar-refractivity contribution >= 4 is 93.8 Å². The number of carbonyl (C=O) groups is 4. The maximum atomic E-state index is 13.0. The van der Waals surface area contributed by atoms with Crippen molar-refractivity contribution < 1.29 is 150 Å². The van der Waals surface area contributed by atoms with Crippen LogP contribution in [0.4, 0.5) is 0 Å². The summed E-state index contributed by atoms with van der Waals surface area (Å²) in [6.07, 6.45) is -4.30. The molecule has 47 N–H and O–H groups in total. The molecule has 0 bridgehead atoms. The van der Waals surface area contributed by atoms with Gasteiger partial charge in [0.05, 0.1) is 28.9 Å². The number of nitrogens with zero attached hydrogens (tertiary/aromatic N) is 5. The lowest BCUT2D eigenvalue weighted by molar-refractivity contribution is -0.695. The number of aryl methyl sites for hydroxylation is 1. The zero-order valence-electron chi connectivity index (χ0n) is 78.3. The van der Waals surface area contributed by atoms with Crippen LogP contribution in [-0.2, 0) is 33.4 Å². The molecule has 15 aliphatic heterocycles. The lowest BCUT2D eigenvalue weighted by atomic mass is 9.84. The Hall–Kier alpha value is -13.9. The van der Waals surface area contributed by atoms with Gasteiger partial charge in [0.1, 0.15) is 60.9 Å². The first-order chi connectivity index (χ1) is 66.6. The van der Waals surface area contributed by atoms with Gasteiger partial charge in [0, 0.05) is 0 Å². The summed E-state index contributed by atoms with van der Waals surface area (Å²) in [7, 11) is -4.44. The quantitative estimate of drug-likeness (QED) is 0.0178. The molecule has 0 unspecified atom stereocenters. The van der Waals surface area contributed by atoms with Crippen molar-refractivity contribution in [2.24, 2.45) is 62.5 Å². The molecule has 5 aromatic carbocycles. The van der Waals surface area contributed by atoms with Crippen LogP contribution in [0.3, 0.4) is 0 Å². The SMILES string of the molecule is CC[C@@H]1NC(N)=[N+]2C[C@H](OC(=O)c3ccc(C)cc3)[C@H](O)[C@@]23NC(N)=[NH+][C@@H]13.CC[C@@H]1NC(N)=[N+]2[C@@H](C)[C@H](OC(=O)c3ccccc3)C(O)(O)[C@@]23NC(N)=[NH+][C@@H]13.CC[C@@H]1NC(N)=[N+]2[C@@H](C)[C@H](OS(N)(=O)=O)C(O)(O)[C@@]23NC(N)=[NH+][C@@H]13.CC[C@@H]1NC(N)=[N+]2[C@@H](CO)[C@H](OC(=O)c3ccccc3)C(O)(O)[C@@]23NC(N)=[NH+][C@@H]13.CC[C@@H]1NC(N)=[N+]2[C@H](c3ccccc3)[C@H](OC(=O)c3ccccc3)C(O)(O)[C@@]23NC(N)=[NH+][C@@H]13. The van der Waals surface area contributed by atoms with Crippen molar-refractivity contribution in [2.75, 3.05) is 13.2 Å². The summed E-state index contributed by atoms with van der Waals surface area (Å²) in [5.74, 6) is -10.8. The van der Waals surface area contributed by atoms with Crippen molar-refractivity contribution in [2.45, 2.75) is 260 Å². The molecule has 25 atom stereocenters. The van der Waals surface area contributed by atoms with Gasteiger partial charge in [-0.05, 0) is 107 Å². The number of aliphatic hydroxyl groups excluding tert-OH is 2. The number of guanidine groups is 10. The van der Waals surface area contributed by atoms with E-state index in [9.17, 15) is 78.7 Å². The Morgan fingerprint density at radius 1 is 0.397 bits per heavy atom. The lowest BCUT2D eigenvalue weighted by Crippen LogP contribution is -2.91. The monoisotopic (exact) mass is 1990 g/mol. The summed E-state index contributed by atoms with van der Waals surface area (Å²) in [4.78, 5) is 66.2. The zero-order chi connectivity index (χ0) is 102. The minimum Gasteiger partial charge on any atom is -0.452 e. The van der Waals surface area contributed by atoms with Crippen molar-refractivity contribution in [3.63, 3.8) is 0 Å². The Morgan fingerprint density at radius 3 is 1.11 bits per heavy atom. The van der Waals surface area contributed by atoms with Crippen LogP contribution in [0.25, 0.3) is 0 Å². The third kappa shape index (κ3) is 15.7. The maximum Gasteiger partial charge on any atom is 0.347 e. The number of ether oxygens (including phenoxy) is 4. The molecule has 20 rings (SSSR count). The highest BCUT2D eigenvalue weighted by molar-refractivity contribution is 7.84. The molecule has 0 saturated carbocycles. The van der Waals surface area contributed by atoms with Gasteiger partial charge in [-0.15, -0.1) is 0 Å². The van der Waals surface area contributed by atoms with Crippen LogP contribution in [0, 0.1) is 6.92 Å². The molecule has 53 heteroatoms. The average molecular weight is 1990 g/mol. The van der Waals surface area contributed by atoms with Crippen LogP contribution in [0.1, 0.15) is 139 Å². The lowest BCUT2D eigenvalue weighted by Gasteiger charge is -2.40. The molecule has 0 amide bonds. The van der Waals surface area contributed by atoms with E-state index < -0.39 is 177 Å². The van der Waals surface area contributed by atoms with Crippen molar-refractivity contribution in [3.8, 4) is 0 Å². The van der Waals surface area contributed by atoms with Crippen LogP contribution < -0.4 is 141 Å². The Balaban J connectivity index is 0.000000127. The van der Waals surface area contributed by atoms with E-state index in [0.717, 1.165) is 12.0 Å². The number of carbonyl (C=O) groups excluding carboxylic acids is 4. The van der Waals surface area contributed by atoms with Crippen LogP contribution in [0.5, 0.6) is 0 Å². The van der Waals surface area contributed by atoms with E-state index in [0.29, 0.717) is 59.9 Å². The Morgan fingerprint density at radius 2 is 0.702 bits per heavy atom. The number of hydrogen-bond acceptors (Lipinski definition) is 41. The average Bonchev–Trinajstić information content (AvgIpc) is 1.41. The Bertz CT molecular complexity index is 6170. The second-order valence-electron chi connectivity index (χ2n) is 37.3. The van der Waals surface area contributed by atoms with E-state index in [2.05, 4.69) is 78.1 Å². The predicted octanol–water partition coefficient (Wildman–Crippen LogP) is -21.4. The second kappa shape index (κ2) is 36.7. The van der Waals surface area contributed by atoms with Gasteiger partial charge in [-0.3, -0.25) is 109 Å². The molecular formula is C88H129N31O21S+10. The predicted molar refractivity (Wildman–Crippen MR) is 496 cm³/mol. The van der Waals surface area contributed by atoms with Crippen molar-refractivity contribution in [1.29, 1.82) is 0 Å². The Labute approximate surface area is 807 Å². The summed E-state index contributed by atoms with van der Waals surface area (Å²) in [5.41, 5.74) is 56.8. The molecule has 5 fully saturated rings. The maximum absolute atomic E-state index is 13.0. The number of esters is 4. The number of nitrogens with two attached hydrogens (primary N) is 11. The summed E-state index contributed by atoms with van der Waals surface area (Å²) in [6.45, 7) is 14.6. The number of nitrogens with one attached hydrogen (secondary N) is 15.